The van der Waals surface area contributed by atoms with E-state index in [0.717, 1.165) is 0 Å². The number of alkyl halides is 1. The van der Waals surface area contributed by atoms with Crippen LogP contribution in [0.15, 0.2) is 24.3 Å². The molecule has 14 heavy (non-hydrogen) atoms. The van der Waals surface area contributed by atoms with Gasteiger partial charge in [0.2, 0.25) is 0 Å². The van der Waals surface area contributed by atoms with Crippen molar-refractivity contribution in [3.63, 3.8) is 0 Å². The van der Waals surface area contributed by atoms with E-state index >= 15 is 0 Å². The molecular formula is C8H8INO4. The minimum Gasteiger partial charge on any atom is -0.336 e. The summed E-state index contributed by atoms with van der Waals surface area (Å²) < 4.78 is -0.0807. The van der Waals surface area contributed by atoms with Gasteiger partial charge in [-0.1, -0.05) is 0 Å². The molecule has 1 rings (SSSR count). The van der Waals surface area contributed by atoms with Gasteiger partial charge in [0.05, 0.1) is 4.92 Å². The summed E-state index contributed by atoms with van der Waals surface area (Å²) in [7, 11) is 0. The van der Waals surface area contributed by atoms with Crippen molar-refractivity contribution >= 4 is 28.3 Å². The van der Waals surface area contributed by atoms with E-state index in [-0.39, 0.29) is 9.80 Å². The van der Waals surface area contributed by atoms with E-state index in [1.807, 2.05) is 29.5 Å². The second-order valence-corrected chi connectivity index (χ2v) is 4.23. The van der Waals surface area contributed by atoms with Crippen molar-refractivity contribution in [1.29, 1.82) is 0 Å². The van der Waals surface area contributed by atoms with Gasteiger partial charge in [-0.3, -0.25) is 10.1 Å². The van der Waals surface area contributed by atoms with Crippen LogP contribution in [0.5, 0.6) is 5.75 Å². The zero-order valence-corrected chi connectivity index (χ0v) is 9.50. The summed E-state index contributed by atoms with van der Waals surface area (Å²) in [6.07, 6.45) is 0. The molecule has 0 spiro atoms. The molecule has 0 saturated heterocycles. The average Bonchev–Trinajstić information content (AvgIpc) is 2.15. The van der Waals surface area contributed by atoms with Crippen molar-refractivity contribution in [3.05, 3.63) is 34.4 Å². The minimum atomic E-state index is -0.467. The highest BCUT2D eigenvalue weighted by molar-refractivity contribution is 14.1. The third-order valence-corrected chi connectivity index (χ3v) is 1.53. The number of nitrogens with zero attached hydrogens (tertiary/aromatic N) is 1. The highest BCUT2D eigenvalue weighted by Gasteiger charge is 2.05. The Bertz CT molecular complexity index is 312. The molecule has 76 valence electrons. The van der Waals surface area contributed by atoms with Crippen LogP contribution in [0.2, 0.25) is 0 Å². The molecule has 0 heterocycles. The van der Waals surface area contributed by atoms with E-state index in [1.165, 1.54) is 24.3 Å². The van der Waals surface area contributed by atoms with Crippen molar-refractivity contribution in [3.8, 4) is 5.75 Å². The number of rotatable bonds is 4. The molecule has 0 N–H and O–H groups in total. The van der Waals surface area contributed by atoms with Crippen LogP contribution in [-0.4, -0.2) is 9.03 Å². The Morgan fingerprint density at radius 3 is 2.43 bits per heavy atom. The molecule has 0 amide bonds. The predicted octanol–water partition coefficient (Wildman–Crippen LogP) is 2.69. The molecule has 0 aliphatic rings. The average molecular weight is 309 g/mol. The van der Waals surface area contributed by atoms with Crippen molar-refractivity contribution in [1.82, 2.24) is 0 Å². The lowest BCUT2D eigenvalue weighted by molar-refractivity contribution is -0.384. The Morgan fingerprint density at radius 1 is 1.43 bits per heavy atom. The molecule has 0 saturated carbocycles. The monoisotopic (exact) mass is 309 g/mol. The van der Waals surface area contributed by atoms with Crippen molar-refractivity contribution in [2.45, 2.75) is 11.0 Å². The smallest absolute Gasteiger partial charge is 0.269 e. The van der Waals surface area contributed by atoms with Crippen LogP contribution < -0.4 is 4.89 Å². The van der Waals surface area contributed by atoms with Gasteiger partial charge in [-0.05, 0) is 41.6 Å². The topological polar surface area (TPSA) is 61.6 Å². The standard InChI is InChI=1S/C8H8INO4/c1-6(9)13-14-8-4-2-7(3-5-8)10(11)12/h2-6H,1H3. The van der Waals surface area contributed by atoms with E-state index in [0.29, 0.717) is 5.75 Å². The van der Waals surface area contributed by atoms with Crippen LogP contribution in [0.4, 0.5) is 5.69 Å². The van der Waals surface area contributed by atoms with Gasteiger partial charge in [0, 0.05) is 12.1 Å². The van der Waals surface area contributed by atoms with E-state index in [2.05, 4.69) is 0 Å². The first-order chi connectivity index (χ1) is 6.59. The van der Waals surface area contributed by atoms with Gasteiger partial charge in [0.15, 0.2) is 9.86 Å². The van der Waals surface area contributed by atoms with Crippen LogP contribution >= 0.6 is 22.6 Å². The van der Waals surface area contributed by atoms with Gasteiger partial charge in [-0.25, -0.2) is 0 Å². The lowest BCUT2D eigenvalue weighted by Crippen LogP contribution is -2.02. The molecule has 6 heteroatoms. The van der Waals surface area contributed by atoms with E-state index in [9.17, 15) is 10.1 Å². The molecule has 1 unspecified atom stereocenters. The van der Waals surface area contributed by atoms with Gasteiger partial charge in [0.1, 0.15) is 0 Å². The predicted molar refractivity (Wildman–Crippen MR) is 58.3 cm³/mol. The molecule has 0 radical (unpaired) electrons. The second kappa shape index (κ2) is 5.11. The zero-order chi connectivity index (χ0) is 10.6. The lowest BCUT2D eigenvalue weighted by atomic mass is 10.3. The molecule has 0 fully saturated rings. The fourth-order valence-corrected chi connectivity index (χ4v) is 0.849. The maximum atomic E-state index is 10.3. The Kier molecular flexibility index (Phi) is 4.08. The van der Waals surface area contributed by atoms with Crippen LogP contribution in [0, 0.1) is 10.1 Å². The number of hydrogen-bond donors (Lipinski definition) is 0. The Labute approximate surface area is 94.2 Å². The summed E-state index contributed by atoms with van der Waals surface area (Å²) in [6.45, 7) is 1.81. The number of nitro benzene ring substituents is 1. The number of benzene rings is 1. The largest absolute Gasteiger partial charge is 0.336 e. The Morgan fingerprint density at radius 2 is 2.00 bits per heavy atom. The number of nitro groups is 1. The van der Waals surface area contributed by atoms with Gasteiger partial charge in [-0.15, -0.1) is 0 Å². The van der Waals surface area contributed by atoms with Crippen molar-refractivity contribution < 1.29 is 14.7 Å². The summed E-state index contributed by atoms with van der Waals surface area (Å²) >= 11 is 2.03. The first-order valence-electron chi connectivity index (χ1n) is 3.81. The summed E-state index contributed by atoms with van der Waals surface area (Å²) in [6, 6.07) is 5.68. The normalized spacial score (nSPS) is 12.1. The summed E-state index contributed by atoms with van der Waals surface area (Å²) in [5.74, 6) is 0.444. The molecule has 1 aromatic rings. The Hall–Kier alpha value is -0.890. The second-order valence-electron chi connectivity index (χ2n) is 2.47. The maximum absolute atomic E-state index is 10.3. The van der Waals surface area contributed by atoms with E-state index < -0.39 is 4.92 Å². The van der Waals surface area contributed by atoms with Crippen LogP contribution in [0.25, 0.3) is 0 Å². The van der Waals surface area contributed by atoms with Crippen molar-refractivity contribution in [2.75, 3.05) is 0 Å². The highest BCUT2D eigenvalue weighted by atomic mass is 127. The molecule has 0 bridgehead atoms. The van der Waals surface area contributed by atoms with E-state index in [4.69, 9.17) is 9.78 Å². The molecule has 1 aromatic carbocycles. The van der Waals surface area contributed by atoms with Gasteiger partial charge in [0.25, 0.3) is 5.69 Å². The molecule has 0 aliphatic carbocycles. The lowest BCUT2D eigenvalue weighted by Gasteiger charge is -2.05. The van der Waals surface area contributed by atoms with Crippen LogP contribution in [-0.2, 0) is 4.89 Å². The molecular weight excluding hydrogens is 301 g/mol. The van der Waals surface area contributed by atoms with Gasteiger partial charge in [-0.2, -0.15) is 4.89 Å². The summed E-state index contributed by atoms with van der Waals surface area (Å²) in [4.78, 5) is 19.6. The molecule has 0 aromatic heterocycles. The quantitative estimate of drug-likeness (QED) is 0.282. The third-order valence-electron chi connectivity index (χ3n) is 1.32. The molecule has 0 aliphatic heterocycles. The fraction of sp³-hybridized carbons (Fsp3) is 0.250. The number of hydrogen-bond acceptors (Lipinski definition) is 4. The number of non-ortho nitro benzene ring substituents is 1. The first kappa shape index (κ1) is 11.2. The van der Waals surface area contributed by atoms with Gasteiger partial charge >= 0.3 is 0 Å². The SMILES string of the molecule is CC(I)OOc1ccc([N+](=O)[O-])cc1. The first-order valence-corrected chi connectivity index (χ1v) is 5.06. The van der Waals surface area contributed by atoms with Gasteiger partial charge < -0.3 is 4.89 Å². The van der Waals surface area contributed by atoms with E-state index in [1.54, 1.807) is 0 Å². The highest BCUT2D eigenvalue weighted by Crippen LogP contribution is 2.18. The Balaban J connectivity index is 2.60. The van der Waals surface area contributed by atoms with Crippen LogP contribution in [0.1, 0.15) is 6.92 Å². The zero-order valence-electron chi connectivity index (χ0n) is 7.34. The van der Waals surface area contributed by atoms with Crippen LogP contribution in [0.3, 0.4) is 0 Å². The number of halogens is 1. The maximum Gasteiger partial charge on any atom is 0.269 e. The summed E-state index contributed by atoms with van der Waals surface area (Å²) in [5, 5.41) is 10.3. The third kappa shape index (κ3) is 3.46. The minimum absolute atomic E-state index is 0.0277. The molecule has 5 nitrogen and oxygen atoms in total. The fourth-order valence-electron chi connectivity index (χ4n) is 0.745. The molecule has 1 atom stereocenters. The summed E-state index contributed by atoms with van der Waals surface area (Å²) in [5.41, 5.74) is 0.0277. The van der Waals surface area contributed by atoms with Crippen molar-refractivity contribution in [2.24, 2.45) is 0 Å².